The third-order valence-corrected chi connectivity index (χ3v) is 4.02. The minimum Gasteiger partial charge on any atom is -0.497 e. The highest BCUT2D eigenvalue weighted by Crippen LogP contribution is 2.35. The van der Waals surface area contributed by atoms with E-state index in [9.17, 15) is 0 Å². The molecule has 1 N–H and O–H groups in total. The molecular formula is C19H18O2. The van der Waals surface area contributed by atoms with Gasteiger partial charge in [0.2, 0.25) is 0 Å². The van der Waals surface area contributed by atoms with E-state index in [0.29, 0.717) is 0 Å². The lowest BCUT2D eigenvalue weighted by atomic mass is 9.88. The van der Waals surface area contributed by atoms with Crippen LogP contribution in [0.1, 0.15) is 28.2 Å². The highest BCUT2D eigenvalue weighted by Gasteiger charge is 2.22. The molecule has 2 nitrogen and oxygen atoms in total. The summed E-state index contributed by atoms with van der Waals surface area (Å²) in [4.78, 5) is 0. The fraction of sp³-hybridized carbons (Fsp3) is 0.263. The molecule has 0 bridgehead atoms. The van der Waals surface area contributed by atoms with Crippen molar-refractivity contribution in [1.82, 2.24) is 0 Å². The van der Waals surface area contributed by atoms with Crippen LogP contribution in [0.5, 0.6) is 5.75 Å². The summed E-state index contributed by atoms with van der Waals surface area (Å²) in [6, 6.07) is 14.7. The second-order valence-corrected chi connectivity index (χ2v) is 5.18. The highest BCUT2D eigenvalue weighted by atomic mass is 16.5. The van der Waals surface area contributed by atoms with Crippen LogP contribution in [-0.2, 0) is 12.8 Å². The molecule has 2 heteroatoms. The Morgan fingerprint density at radius 2 is 1.86 bits per heavy atom. The van der Waals surface area contributed by atoms with Gasteiger partial charge in [0.25, 0.3) is 0 Å². The van der Waals surface area contributed by atoms with Crippen LogP contribution in [0.15, 0.2) is 42.5 Å². The molecule has 1 unspecified atom stereocenters. The molecular weight excluding hydrogens is 260 g/mol. The molecule has 106 valence electrons. The smallest absolute Gasteiger partial charge is 0.119 e. The largest absolute Gasteiger partial charge is 0.497 e. The SMILES string of the molecule is COc1ccc2c(c1)C(C#CCO)c1ccccc1CC2. The summed E-state index contributed by atoms with van der Waals surface area (Å²) >= 11 is 0. The molecule has 0 aliphatic heterocycles. The average Bonchev–Trinajstić information content (AvgIpc) is 2.69. The summed E-state index contributed by atoms with van der Waals surface area (Å²) in [6.07, 6.45) is 2.03. The maximum Gasteiger partial charge on any atom is 0.119 e. The normalized spacial score (nSPS) is 16.0. The summed E-state index contributed by atoms with van der Waals surface area (Å²) in [7, 11) is 1.68. The molecule has 1 aliphatic rings. The first-order valence-electron chi connectivity index (χ1n) is 7.17. The number of aliphatic hydroxyl groups excluding tert-OH is 1. The van der Waals surface area contributed by atoms with Gasteiger partial charge in [0.1, 0.15) is 12.4 Å². The fourth-order valence-corrected chi connectivity index (χ4v) is 2.98. The van der Waals surface area contributed by atoms with Crippen molar-refractivity contribution in [2.75, 3.05) is 13.7 Å². The van der Waals surface area contributed by atoms with Crippen molar-refractivity contribution in [3.05, 3.63) is 64.7 Å². The third kappa shape index (κ3) is 2.66. The number of rotatable bonds is 1. The minimum atomic E-state index is -0.113. The van der Waals surface area contributed by atoms with Gasteiger partial charge < -0.3 is 9.84 Å². The van der Waals surface area contributed by atoms with E-state index in [1.807, 2.05) is 6.07 Å². The number of benzene rings is 2. The Bertz CT molecular complexity index is 707. The van der Waals surface area contributed by atoms with E-state index < -0.39 is 0 Å². The maximum absolute atomic E-state index is 9.07. The Hall–Kier alpha value is -2.24. The van der Waals surface area contributed by atoms with Crippen LogP contribution in [0, 0.1) is 11.8 Å². The van der Waals surface area contributed by atoms with Crippen molar-refractivity contribution in [2.45, 2.75) is 18.8 Å². The van der Waals surface area contributed by atoms with Crippen LogP contribution in [-0.4, -0.2) is 18.8 Å². The zero-order valence-corrected chi connectivity index (χ0v) is 12.1. The van der Waals surface area contributed by atoms with Crippen molar-refractivity contribution in [3.63, 3.8) is 0 Å². The predicted molar refractivity (Wildman–Crippen MR) is 83.5 cm³/mol. The van der Waals surface area contributed by atoms with E-state index in [0.717, 1.165) is 18.6 Å². The van der Waals surface area contributed by atoms with Gasteiger partial charge >= 0.3 is 0 Å². The molecule has 0 fully saturated rings. The lowest BCUT2D eigenvalue weighted by molar-refractivity contribution is 0.350. The van der Waals surface area contributed by atoms with Gasteiger partial charge in [0.05, 0.1) is 13.0 Å². The monoisotopic (exact) mass is 278 g/mol. The molecule has 1 aliphatic carbocycles. The molecule has 2 aromatic rings. The number of aryl methyl sites for hydroxylation is 2. The number of hydrogen-bond acceptors (Lipinski definition) is 2. The van der Waals surface area contributed by atoms with Crippen LogP contribution >= 0.6 is 0 Å². The third-order valence-electron chi connectivity index (χ3n) is 4.02. The topological polar surface area (TPSA) is 29.5 Å². The molecule has 3 rings (SSSR count). The Kier molecular flexibility index (Phi) is 3.94. The van der Waals surface area contributed by atoms with Crippen molar-refractivity contribution >= 4 is 0 Å². The summed E-state index contributed by atoms with van der Waals surface area (Å²) in [6.45, 7) is -0.113. The van der Waals surface area contributed by atoms with E-state index in [2.05, 4.69) is 48.2 Å². The maximum atomic E-state index is 9.07. The molecule has 0 spiro atoms. The van der Waals surface area contributed by atoms with Gasteiger partial charge in [-0.05, 0) is 47.2 Å². The number of hydrogen-bond donors (Lipinski definition) is 1. The fourth-order valence-electron chi connectivity index (χ4n) is 2.98. The lowest BCUT2D eigenvalue weighted by Gasteiger charge is -2.15. The first-order chi connectivity index (χ1) is 10.3. The molecule has 1 atom stereocenters. The molecule has 2 aromatic carbocycles. The van der Waals surface area contributed by atoms with Gasteiger partial charge in [-0.2, -0.15) is 0 Å². The van der Waals surface area contributed by atoms with Crippen LogP contribution < -0.4 is 4.74 Å². The lowest BCUT2D eigenvalue weighted by Crippen LogP contribution is -2.02. The van der Waals surface area contributed by atoms with Crippen LogP contribution in [0.3, 0.4) is 0 Å². The molecule has 0 radical (unpaired) electrons. The van der Waals surface area contributed by atoms with Crippen molar-refractivity contribution < 1.29 is 9.84 Å². The number of aliphatic hydroxyl groups is 1. The second-order valence-electron chi connectivity index (χ2n) is 5.18. The van der Waals surface area contributed by atoms with Crippen LogP contribution in [0.25, 0.3) is 0 Å². The number of methoxy groups -OCH3 is 1. The molecule has 0 heterocycles. The standard InChI is InChI=1S/C19H18O2/c1-21-16-11-10-15-9-8-14-5-2-3-6-17(14)18(7-4-12-20)19(15)13-16/h2-3,5-6,10-11,13,18,20H,8-9,12H2,1H3. The van der Waals surface area contributed by atoms with Gasteiger partial charge in [-0.3, -0.25) is 0 Å². The van der Waals surface area contributed by atoms with Gasteiger partial charge in [0, 0.05) is 0 Å². The Labute approximate surface area is 125 Å². The second kappa shape index (κ2) is 6.03. The van der Waals surface area contributed by atoms with Gasteiger partial charge in [-0.25, -0.2) is 0 Å². The molecule has 0 amide bonds. The average molecular weight is 278 g/mol. The summed E-state index contributed by atoms with van der Waals surface area (Å²) in [5.41, 5.74) is 5.08. The van der Waals surface area contributed by atoms with Gasteiger partial charge in [-0.1, -0.05) is 42.2 Å². The molecule has 0 aromatic heterocycles. The first-order valence-corrected chi connectivity index (χ1v) is 7.17. The van der Waals surface area contributed by atoms with Crippen LogP contribution in [0.2, 0.25) is 0 Å². The first kappa shape index (κ1) is 13.7. The number of ether oxygens (including phenoxy) is 1. The minimum absolute atomic E-state index is 0.000880. The van der Waals surface area contributed by atoms with Gasteiger partial charge in [0.15, 0.2) is 0 Å². The molecule has 0 saturated heterocycles. The zero-order chi connectivity index (χ0) is 14.7. The van der Waals surface area contributed by atoms with Crippen molar-refractivity contribution in [1.29, 1.82) is 0 Å². The summed E-state index contributed by atoms with van der Waals surface area (Å²) in [5.74, 6) is 6.90. The Morgan fingerprint density at radius 1 is 1.10 bits per heavy atom. The van der Waals surface area contributed by atoms with E-state index in [1.165, 1.54) is 22.3 Å². The quantitative estimate of drug-likeness (QED) is 0.813. The van der Waals surface area contributed by atoms with Crippen LogP contribution in [0.4, 0.5) is 0 Å². The Balaban J connectivity index is 2.19. The summed E-state index contributed by atoms with van der Waals surface area (Å²) < 4.78 is 5.36. The Morgan fingerprint density at radius 3 is 2.62 bits per heavy atom. The molecule has 0 saturated carbocycles. The van der Waals surface area contributed by atoms with E-state index in [4.69, 9.17) is 9.84 Å². The molecule has 21 heavy (non-hydrogen) atoms. The predicted octanol–water partition coefficient (Wildman–Crippen LogP) is 2.92. The van der Waals surface area contributed by atoms with E-state index >= 15 is 0 Å². The zero-order valence-electron chi connectivity index (χ0n) is 12.1. The van der Waals surface area contributed by atoms with Crippen molar-refractivity contribution in [3.8, 4) is 17.6 Å². The number of fused-ring (bicyclic) bond motifs is 2. The van der Waals surface area contributed by atoms with E-state index in [1.54, 1.807) is 7.11 Å². The highest BCUT2D eigenvalue weighted by molar-refractivity contribution is 5.51. The summed E-state index contributed by atoms with van der Waals surface area (Å²) in [5, 5.41) is 9.07. The van der Waals surface area contributed by atoms with E-state index in [-0.39, 0.29) is 12.5 Å². The van der Waals surface area contributed by atoms with Crippen molar-refractivity contribution in [2.24, 2.45) is 0 Å². The van der Waals surface area contributed by atoms with Gasteiger partial charge in [-0.15, -0.1) is 0 Å².